The number of ether oxygens (including phenoxy) is 1. The molecule has 13 heavy (non-hydrogen) atoms. The van der Waals surface area contributed by atoms with Crippen LogP contribution in [0.3, 0.4) is 0 Å². The highest BCUT2D eigenvalue weighted by Gasteiger charge is 2.46. The van der Waals surface area contributed by atoms with Crippen LogP contribution in [0.4, 0.5) is 0 Å². The van der Waals surface area contributed by atoms with E-state index in [2.05, 4.69) is 20.8 Å². The zero-order valence-electron chi connectivity index (χ0n) is 8.54. The molecule has 0 bridgehead atoms. The van der Waals surface area contributed by atoms with Gasteiger partial charge in [-0.1, -0.05) is 20.8 Å². The molecular formula is C10H17NO2. The third kappa shape index (κ3) is 1.35. The van der Waals surface area contributed by atoms with Crippen LogP contribution in [0, 0.1) is 5.41 Å². The van der Waals surface area contributed by atoms with Crippen LogP contribution in [-0.2, 0) is 9.53 Å². The molecule has 2 atom stereocenters. The number of nitrogens with zero attached hydrogens (tertiary/aromatic N) is 1. The molecule has 0 aromatic rings. The van der Waals surface area contributed by atoms with E-state index < -0.39 is 0 Å². The molecule has 0 saturated carbocycles. The number of fused-ring (bicyclic) bond motifs is 1. The normalized spacial score (nSPS) is 34.1. The molecule has 0 aromatic carbocycles. The zero-order chi connectivity index (χ0) is 9.64. The molecule has 74 valence electrons. The molecule has 2 aliphatic heterocycles. The van der Waals surface area contributed by atoms with Crippen molar-refractivity contribution < 1.29 is 9.53 Å². The summed E-state index contributed by atoms with van der Waals surface area (Å²) in [7, 11) is 0. The third-order valence-electron chi connectivity index (χ3n) is 2.99. The fraction of sp³-hybridized carbons (Fsp3) is 0.900. The zero-order valence-corrected chi connectivity index (χ0v) is 8.54. The molecule has 0 N–H and O–H groups in total. The van der Waals surface area contributed by atoms with E-state index >= 15 is 0 Å². The predicted octanol–water partition coefficient (Wildman–Crippen LogP) is 1.38. The molecule has 2 aliphatic rings. The van der Waals surface area contributed by atoms with Gasteiger partial charge in [0, 0.05) is 12.8 Å². The Kier molecular flexibility index (Phi) is 1.88. The van der Waals surface area contributed by atoms with Crippen LogP contribution in [0.1, 0.15) is 33.6 Å². The van der Waals surface area contributed by atoms with Crippen LogP contribution in [0.2, 0.25) is 0 Å². The largest absolute Gasteiger partial charge is 0.356 e. The Labute approximate surface area is 79.0 Å². The van der Waals surface area contributed by atoms with Gasteiger partial charge in [-0.15, -0.1) is 0 Å². The van der Waals surface area contributed by atoms with Gasteiger partial charge in [0.1, 0.15) is 6.23 Å². The summed E-state index contributed by atoms with van der Waals surface area (Å²) in [5.74, 6) is 0.266. The van der Waals surface area contributed by atoms with Gasteiger partial charge in [-0.3, -0.25) is 4.79 Å². The van der Waals surface area contributed by atoms with E-state index in [1.54, 1.807) is 0 Å². The van der Waals surface area contributed by atoms with Crippen molar-refractivity contribution >= 4 is 5.91 Å². The lowest BCUT2D eigenvalue weighted by molar-refractivity contribution is -0.132. The Morgan fingerprint density at radius 2 is 2.15 bits per heavy atom. The summed E-state index contributed by atoms with van der Waals surface area (Å²) in [6, 6.07) is 0.271. The number of rotatable bonds is 0. The van der Waals surface area contributed by atoms with Crippen LogP contribution >= 0.6 is 0 Å². The van der Waals surface area contributed by atoms with E-state index in [1.807, 2.05) is 4.90 Å². The van der Waals surface area contributed by atoms with Gasteiger partial charge in [-0.25, -0.2) is 0 Å². The molecule has 0 aromatic heterocycles. The molecule has 0 aliphatic carbocycles. The van der Waals surface area contributed by atoms with Crippen molar-refractivity contribution in [3.8, 4) is 0 Å². The summed E-state index contributed by atoms with van der Waals surface area (Å²) >= 11 is 0. The Bertz CT molecular complexity index is 232. The van der Waals surface area contributed by atoms with Gasteiger partial charge in [-0.05, 0) is 5.41 Å². The minimum Gasteiger partial charge on any atom is -0.356 e. The van der Waals surface area contributed by atoms with Crippen LogP contribution < -0.4 is 0 Å². The first-order valence-electron chi connectivity index (χ1n) is 4.93. The Morgan fingerprint density at radius 1 is 1.46 bits per heavy atom. The first kappa shape index (κ1) is 9.00. The molecule has 1 unspecified atom stereocenters. The van der Waals surface area contributed by atoms with E-state index in [9.17, 15) is 4.79 Å². The van der Waals surface area contributed by atoms with Crippen molar-refractivity contribution in [1.82, 2.24) is 4.90 Å². The van der Waals surface area contributed by atoms with Gasteiger partial charge in [-0.2, -0.15) is 0 Å². The second kappa shape index (κ2) is 2.71. The van der Waals surface area contributed by atoms with Crippen molar-refractivity contribution in [3.63, 3.8) is 0 Å². The average Bonchev–Trinajstić information content (AvgIpc) is 2.51. The Hall–Kier alpha value is -0.570. The van der Waals surface area contributed by atoms with Crippen molar-refractivity contribution in [2.45, 2.75) is 45.9 Å². The lowest BCUT2D eigenvalue weighted by atomic mass is 9.87. The van der Waals surface area contributed by atoms with Crippen molar-refractivity contribution in [3.05, 3.63) is 0 Å². The summed E-state index contributed by atoms with van der Waals surface area (Å²) in [5.41, 5.74) is 0.134. The maximum Gasteiger partial charge on any atom is 0.225 e. The van der Waals surface area contributed by atoms with Crippen molar-refractivity contribution in [1.29, 1.82) is 0 Å². The van der Waals surface area contributed by atoms with Gasteiger partial charge in [0.05, 0.1) is 12.6 Å². The number of carbonyl (C=O) groups is 1. The quantitative estimate of drug-likeness (QED) is 0.568. The van der Waals surface area contributed by atoms with Crippen molar-refractivity contribution in [2.24, 2.45) is 5.41 Å². The lowest BCUT2D eigenvalue weighted by Crippen LogP contribution is -2.44. The molecule has 0 spiro atoms. The summed E-state index contributed by atoms with van der Waals surface area (Å²) in [4.78, 5) is 13.5. The first-order valence-corrected chi connectivity index (χ1v) is 4.93. The molecule has 3 heteroatoms. The highest BCUT2D eigenvalue weighted by Crippen LogP contribution is 2.36. The highest BCUT2D eigenvalue weighted by molar-refractivity contribution is 5.79. The number of carbonyl (C=O) groups excluding carboxylic acids is 1. The van der Waals surface area contributed by atoms with Gasteiger partial charge in [0.15, 0.2) is 0 Å². The van der Waals surface area contributed by atoms with Crippen molar-refractivity contribution in [2.75, 3.05) is 6.61 Å². The van der Waals surface area contributed by atoms with Gasteiger partial charge >= 0.3 is 0 Å². The maximum absolute atomic E-state index is 11.6. The highest BCUT2D eigenvalue weighted by atomic mass is 16.5. The van der Waals surface area contributed by atoms with Crippen LogP contribution in [0.25, 0.3) is 0 Å². The molecular weight excluding hydrogens is 166 g/mol. The fourth-order valence-corrected chi connectivity index (χ4v) is 2.16. The summed E-state index contributed by atoms with van der Waals surface area (Å²) in [5, 5.41) is 0. The average molecular weight is 183 g/mol. The third-order valence-corrected chi connectivity index (χ3v) is 2.99. The molecule has 2 rings (SSSR count). The predicted molar refractivity (Wildman–Crippen MR) is 49.1 cm³/mol. The molecule has 2 heterocycles. The molecule has 0 radical (unpaired) electrons. The monoisotopic (exact) mass is 183 g/mol. The first-order chi connectivity index (χ1) is 6.00. The van der Waals surface area contributed by atoms with E-state index in [4.69, 9.17) is 4.74 Å². The summed E-state index contributed by atoms with van der Waals surface area (Å²) in [6.45, 7) is 7.19. The van der Waals surface area contributed by atoms with Crippen LogP contribution in [0.5, 0.6) is 0 Å². The van der Waals surface area contributed by atoms with E-state index in [0.717, 1.165) is 6.42 Å². The number of amides is 1. The standard InChI is InChI=1S/C10H17NO2/c1-10(2,3)7-6-13-9-5-4-8(12)11(7)9/h7,9H,4-6H2,1-3H3/t7-,9?/m1/s1. The van der Waals surface area contributed by atoms with E-state index in [-0.39, 0.29) is 23.6 Å². The summed E-state index contributed by atoms with van der Waals surface area (Å²) < 4.78 is 5.59. The SMILES string of the molecule is CC(C)(C)[C@H]1COC2CCC(=O)N21. The lowest BCUT2D eigenvalue weighted by Gasteiger charge is -2.32. The minimum absolute atomic E-state index is 0.0803. The van der Waals surface area contributed by atoms with Gasteiger partial charge in [0.2, 0.25) is 5.91 Å². The maximum atomic E-state index is 11.6. The van der Waals surface area contributed by atoms with Crippen LogP contribution in [0.15, 0.2) is 0 Å². The molecule has 2 saturated heterocycles. The molecule has 3 nitrogen and oxygen atoms in total. The van der Waals surface area contributed by atoms with Gasteiger partial charge in [0.25, 0.3) is 0 Å². The minimum atomic E-state index is 0.0803. The topological polar surface area (TPSA) is 29.5 Å². The molecule has 2 fully saturated rings. The Morgan fingerprint density at radius 3 is 2.77 bits per heavy atom. The van der Waals surface area contributed by atoms with E-state index in [0.29, 0.717) is 13.0 Å². The summed E-state index contributed by atoms with van der Waals surface area (Å²) in [6.07, 6.45) is 1.62. The number of hydrogen-bond acceptors (Lipinski definition) is 2. The van der Waals surface area contributed by atoms with E-state index in [1.165, 1.54) is 0 Å². The smallest absolute Gasteiger partial charge is 0.225 e. The molecule has 1 amide bonds. The fourth-order valence-electron chi connectivity index (χ4n) is 2.16. The van der Waals surface area contributed by atoms with Crippen LogP contribution in [-0.4, -0.2) is 29.7 Å². The van der Waals surface area contributed by atoms with Gasteiger partial charge < -0.3 is 9.64 Å². The number of hydrogen-bond donors (Lipinski definition) is 0. The second-order valence-corrected chi connectivity index (χ2v) is 5.01. The Balaban J connectivity index is 2.19. The second-order valence-electron chi connectivity index (χ2n) is 5.01.